The van der Waals surface area contributed by atoms with Gasteiger partial charge in [0.2, 0.25) is 11.8 Å². The van der Waals surface area contributed by atoms with Gasteiger partial charge in [-0.2, -0.15) is 0 Å². The molecular weight excluding hydrogens is 302 g/mol. The van der Waals surface area contributed by atoms with E-state index in [0.29, 0.717) is 18.4 Å². The molecule has 7 heteroatoms. The summed E-state index contributed by atoms with van der Waals surface area (Å²) in [5.41, 5.74) is 0. The summed E-state index contributed by atoms with van der Waals surface area (Å²) < 4.78 is 2.92. The fourth-order valence-electron chi connectivity index (χ4n) is 5.03. The summed E-state index contributed by atoms with van der Waals surface area (Å²) in [4.78, 5) is 33.8. The predicted molar refractivity (Wildman–Crippen MR) is 84.9 cm³/mol. The summed E-state index contributed by atoms with van der Waals surface area (Å²) in [6.45, 7) is 1.86. The highest BCUT2D eigenvalue weighted by Gasteiger charge is 2.58. The average Bonchev–Trinajstić information content (AvgIpc) is 2.47. The van der Waals surface area contributed by atoms with Gasteiger partial charge in [-0.3, -0.25) is 9.59 Å². The average molecular weight is 325 g/mol. The number of rotatable bonds is 6. The molecule has 0 saturated heterocycles. The third-order valence-corrected chi connectivity index (χ3v) is 7.01. The molecule has 0 heterocycles. The van der Waals surface area contributed by atoms with E-state index in [1.165, 1.54) is 13.3 Å². The number of hydrogen-bond acceptors (Lipinski definition) is 5. The molecular formula is C15H23N3O3S. The largest absolute Gasteiger partial charge is 0.353 e. The number of carbonyl (C=O) groups is 2. The number of nitroso groups, excluding NO2 is 1. The Labute approximate surface area is 134 Å². The van der Waals surface area contributed by atoms with Crippen LogP contribution in [0.3, 0.4) is 0 Å². The zero-order valence-electron chi connectivity index (χ0n) is 12.8. The fraction of sp³-hybridized carbons (Fsp3) is 0.867. The maximum atomic E-state index is 11.9. The quantitative estimate of drug-likeness (QED) is 0.576. The monoisotopic (exact) mass is 325 g/mol. The van der Waals surface area contributed by atoms with E-state index >= 15 is 0 Å². The van der Waals surface area contributed by atoms with Gasteiger partial charge >= 0.3 is 0 Å². The smallest absolute Gasteiger partial charge is 0.239 e. The second-order valence-electron chi connectivity index (χ2n) is 7.11. The highest BCUT2D eigenvalue weighted by atomic mass is 32.2. The Morgan fingerprint density at radius 1 is 1.09 bits per heavy atom. The first-order valence-corrected chi connectivity index (χ1v) is 8.82. The number of nitrogens with zero attached hydrogens (tertiary/aromatic N) is 1. The van der Waals surface area contributed by atoms with Crippen LogP contribution < -0.4 is 10.6 Å². The van der Waals surface area contributed by atoms with Crippen molar-refractivity contribution in [3.05, 3.63) is 4.91 Å². The van der Waals surface area contributed by atoms with Gasteiger partial charge in [-0.25, -0.2) is 0 Å². The maximum Gasteiger partial charge on any atom is 0.239 e. The van der Waals surface area contributed by atoms with E-state index in [9.17, 15) is 14.5 Å². The van der Waals surface area contributed by atoms with Crippen LogP contribution in [0.5, 0.6) is 0 Å². The van der Waals surface area contributed by atoms with Crippen molar-refractivity contribution in [3.63, 3.8) is 0 Å². The van der Waals surface area contributed by atoms with Gasteiger partial charge in [0.25, 0.3) is 0 Å². The molecule has 2 N–H and O–H groups in total. The Bertz CT molecular complexity index is 455. The molecule has 122 valence electrons. The molecule has 0 spiro atoms. The van der Waals surface area contributed by atoms with Gasteiger partial charge in [0.1, 0.15) is 0 Å². The van der Waals surface area contributed by atoms with Crippen LogP contribution >= 0.6 is 11.9 Å². The summed E-state index contributed by atoms with van der Waals surface area (Å²) in [5.74, 6) is 2.15. The second kappa shape index (κ2) is 6.18. The molecule has 6 nitrogen and oxygen atoms in total. The van der Waals surface area contributed by atoms with Gasteiger partial charge < -0.3 is 10.6 Å². The molecule has 0 radical (unpaired) electrons. The molecule has 0 aliphatic heterocycles. The van der Waals surface area contributed by atoms with Crippen molar-refractivity contribution in [1.29, 1.82) is 0 Å². The standard InChI is InChI=1S/C15H23N3O3S/c1-9(19)16-7-14(20)17-8-15(22-18-21)12-3-10-2-11(5-12)6-13(15)4-10/h10-13H,2-8H2,1H3,(H,16,19)(H,17,20). The van der Waals surface area contributed by atoms with Gasteiger partial charge in [-0.1, -0.05) is 0 Å². The van der Waals surface area contributed by atoms with E-state index in [-0.39, 0.29) is 23.1 Å². The molecule has 4 saturated carbocycles. The molecule has 22 heavy (non-hydrogen) atoms. The molecule has 0 atom stereocenters. The first-order valence-electron chi connectivity index (χ1n) is 8.05. The zero-order valence-corrected chi connectivity index (χ0v) is 13.7. The van der Waals surface area contributed by atoms with Crippen LogP contribution in [0.4, 0.5) is 0 Å². The summed E-state index contributed by atoms with van der Waals surface area (Å²) in [6.07, 6.45) is 6.00. The van der Waals surface area contributed by atoms with Crippen LogP contribution in [-0.4, -0.2) is 29.7 Å². The van der Waals surface area contributed by atoms with Gasteiger partial charge in [0.15, 0.2) is 0 Å². The minimum atomic E-state index is -0.235. The van der Waals surface area contributed by atoms with Crippen molar-refractivity contribution in [2.24, 2.45) is 28.3 Å². The van der Waals surface area contributed by atoms with Crippen molar-refractivity contribution in [3.8, 4) is 0 Å². The Kier molecular flexibility index (Phi) is 4.43. The Morgan fingerprint density at radius 2 is 1.68 bits per heavy atom. The molecule has 4 bridgehead atoms. The van der Waals surface area contributed by atoms with Crippen LogP contribution in [0.25, 0.3) is 0 Å². The van der Waals surface area contributed by atoms with Crippen LogP contribution in [0.1, 0.15) is 39.0 Å². The van der Waals surface area contributed by atoms with Crippen LogP contribution in [-0.2, 0) is 9.59 Å². The van der Waals surface area contributed by atoms with Crippen molar-refractivity contribution in [2.45, 2.75) is 43.8 Å². The Morgan fingerprint density at radius 3 is 2.18 bits per heavy atom. The van der Waals surface area contributed by atoms with Crippen LogP contribution in [0.15, 0.2) is 4.58 Å². The SMILES string of the molecule is CC(=O)NCC(=O)NCC1(SN=O)C2CC3CC(C2)CC1C3. The molecule has 0 aromatic carbocycles. The first-order chi connectivity index (χ1) is 10.5. The summed E-state index contributed by atoms with van der Waals surface area (Å²) >= 11 is 1.15. The predicted octanol–water partition coefficient (Wildman–Crippen LogP) is 1.85. The Balaban J connectivity index is 1.66. The molecule has 4 rings (SSSR count). The molecule has 4 aliphatic rings. The Hall–Kier alpha value is -1.11. The normalized spacial score (nSPS) is 38.6. The summed E-state index contributed by atoms with van der Waals surface area (Å²) in [6, 6.07) is 0. The number of hydrogen-bond donors (Lipinski definition) is 2. The second-order valence-corrected chi connectivity index (χ2v) is 8.20. The van der Waals surface area contributed by atoms with Crippen molar-refractivity contribution in [1.82, 2.24) is 10.6 Å². The van der Waals surface area contributed by atoms with Gasteiger partial charge in [-0.15, -0.1) is 4.91 Å². The number of amides is 2. The maximum absolute atomic E-state index is 11.9. The lowest BCUT2D eigenvalue weighted by atomic mass is 9.51. The van der Waals surface area contributed by atoms with E-state index < -0.39 is 0 Å². The van der Waals surface area contributed by atoms with Gasteiger partial charge in [-0.05, 0) is 55.8 Å². The third-order valence-electron chi connectivity index (χ3n) is 5.79. The van der Waals surface area contributed by atoms with Crippen molar-refractivity contribution in [2.75, 3.05) is 13.1 Å². The van der Waals surface area contributed by atoms with E-state index in [1.54, 1.807) is 0 Å². The minimum absolute atomic E-state index is 0.00875. The molecule has 0 aromatic rings. The molecule has 4 fully saturated rings. The van der Waals surface area contributed by atoms with Crippen LogP contribution in [0, 0.1) is 28.6 Å². The van der Waals surface area contributed by atoms with E-state index in [2.05, 4.69) is 15.2 Å². The zero-order chi connectivity index (χ0) is 15.7. The fourth-order valence-corrected chi connectivity index (χ4v) is 5.98. The van der Waals surface area contributed by atoms with E-state index in [4.69, 9.17) is 0 Å². The van der Waals surface area contributed by atoms with E-state index in [1.807, 2.05) is 0 Å². The highest BCUT2D eigenvalue weighted by molar-refractivity contribution is 7.99. The lowest BCUT2D eigenvalue weighted by Gasteiger charge is -2.59. The van der Waals surface area contributed by atoms with E-state index in [0.717, 1.165) is 49.5 Å². The molecule has 0 aromatic heterocycles. The number of nitrogens with one attached hydrogen (secondary N) is 2. The highest BCUT2D eigenvalue weighted by Crippen LogP contribution is 2.62. The van der Waals surface area contributed by atoms with Crippen LogP contribution in [0.2, 0.25) is 0 Å². The summed E-state index contributed by atoms with van der Waals surface area (Å²) in [7, 11) is 0. The lowest BCUT2D eigenvalue weighted by Crippen LogP contribution is -2.60. The van der Waals surface area contributed by atoms with Crippen molar-refractivity contribution < 1.29 is 9.59 Å². The minimum Gasteiger partial charge on any atom is -0.353 e. The summed E-state index contributed by atoms with van der Waals surface area (Å²) in [5, 5.41) is 5.42. The molecule has 2 amide bonds. The van der Waals surface area contributed by atoms with Gasteiger partial charge in [0.05, 0.1) is 11.3 Å². The first kappa shape index (κ1) is 15.8. The number of carbonyl (C=O) groups excluding carboxylic acids is 2. The lowest BCUT2D eigenvalue weighted by molar-refractivity contribution is -0.125. The molecule has 0 unspecified atom stereocenters. The third kappa shape index (κ3) is 2.87. The topological polar surface area (TPSA) is 87.6 Å². The van der Waals surface area contributed by atoms with Gasteiger partial charge in [0, 0.05) is 30.0 Å². The molecule has 4 aliphatic carbocycles. The van der Waals surface area contributed by atoms with Crippen molar-refractivity contribution >= 4 is 23.8 Å².